The molecular formula is C28H30ClNO4. The number of rotatable bonds is 5. The summed E-state index contributed by atoms with van der Waals surface area (Å²) in [7, 11) is 0. The second kappa shape index (κ2) is 9.90. The highest BCUT2D eigenvalue weighted by Gasteiger charge is 2.20. The van der Waals surface area contributed by atoms with Crippen molar-refractivity contribution in [1.29, 1.82) is 0 Å². The molecule has 0 aromatic heterocycles. The molecule has 0 aliphatic heterocycles. The van der Waals surface area contributed by atoms with Gasteiger partial charge in [-0.3, -0.25) is 0 Å². The predicted molar refractivity (Wildman–Crippen MR) is 136 cm³/mol. The third kappa shape index (κ3) is 6.84. The van der Waals surface area contributed by atoms with Crippen LogP contribution in [0.4, 0.5) is 17.1 Å². The summed E-state index contributed by atoms with van der Waals surface area (Å²) in [5, 5.41) is 0.629. The molecule has 0 bridgehead atoms. The van der Waals surface area contributed by atoms with E-state index >= 15 is 0 Å². The van der Waals surface area contributed by atoms with Gasteiger partial charge in [-0.05, 0) is 114 Å². The number of halogens is 1. The highest BCUT2D eigenvalue weighted by Crippen LogP contribution is 2.35. The van der Waals surface area contributed by atoms with Crippen molar-refractivity contribution < 1.29 is 19.1 Å². The fourth-order valence-corrected chi connectivity index (χ4v) is 3.33. The quantitative estimate of drug-likeness (QED) is 0.350. The lowest BCUT2D eigenvalue weighted by Crippen LogP contribution is -2.24. The summed E-state index contributed by atoms with van der Waals surface area (Å²) >= 11 is 6.10. The van der Waals surface area contributed by atoms with Gasteiger partial charge in [0.1, 0.15) is 11.2 Å². The van der Waals surface area contributed by atoms with Crippen molar-refractivity contribution in [3.63, 3.8) is 0 Å². The number of carbonyl (C=O) groups is 2. The van der Waals surface area contributed by atoms with Gasteiger partial charge in [0.15, 0.2) is 0 Å². The highest BCUT2D eigenvalue weighted by molar-refractivity contribution is 6.30. The minimum atomic E-state index is -0.568. The first-order chi connectivity index (χ1) is 15.8. The third-order valence-electron chi connectivity index (χ3n) is 4.61. The Balaban J connectivity index is 1.95. The molecule has 0 saturated heterocycles. The molecule has 178 valence electrons. The van der Waals surface area contributed by atoms with E-state index in [1.165, 1.54) is 0 Å². The molecule has 0 spiro atoms. The molecule has 5 nitrogen and oxygen atoms in total. The van der Waals surface area contributed by atoms with Gasteiger partial charge in [-0.25, -0.2) is 9.59 Å². The molecule has 0 aliphatic rings. The summed E-state index contributed by atoms with van der Waals surface area (Å²) < 4.78 is 10.9. The maximum absolute atomic E-state index is 12.4. The fourth-order valence-electron chi connectivity index (χ4n) is 3.20. The Bertz CT molecular complexity index is 1070. The molecule has 0 heterocycles. The monoisotopic (exact) mass is 479 g/mol. The average molecular weight is 480 g/mol. The van der Waals surface area contributed by atoms with Gasteiger partial charge >= 0.3 is 11.9 Å². The van der Waals surface area contributed by atoms with Crippen LogP contribution in [0, 0.1) is 0 Å². The topological polar surface area (TPSA) is 55.8 Å². The molecule has 3 aromatic carbocycles. The van der Waals surface area contributed by atoms with Crippen LogP contribution in [0.15, 0.2) is 72.8 Å². The standard InChI is InChI=1S/C28H30ClNO4/c1-27(2,3)33-25(31)19-7-13-22(14-8-19)30(24-17-11-21(29)12-18-24)23-15-9-20(10-16-23)26(32)34-28(4,5)6/h7-18H,1-6H3. The molecular weight excluding hydrogens is 450 g/mol. The first-order valence-corrected chi connectivity index (χ1v) is 11.4. The molecule has 3 aromatic rings. The van der Waals surface area contributed by atoms with Crippen LogP contribution in [-0.4, -0.2) is 23.1 Å². The molecule has 34 heavy (non-hydrogen) atoms. The van der Waals surface area contributed by atoms with Crippen molar-refractivity contribution in [2.24, 2.45) is 0 Å². The molecule has 0 amide bonds. The Morgan fingerprint density at radius 3 is 1.18 bits per heavy atom. The van der Waals surface area contributed by atoms with Crippen molar-refractivity contribution in [2.75, 3.05) is 4.90 Å². The van der Waals surface area contributed by atoms with Gasteiger partial charge in [-0.15, -0.1) is 0 Å². The van der Waals surface area contributed by atoms with E-state index in [9.17, 15) is 9.59 Å². The van der Waals surface area contributed by atoms with Crippen LogP contribution in [0.3, 0.4) is 0 Å². The van der Waals surface area contributed by atoms with E-state index in [1.807, 2.05) is 95.0 Å². The third-order valence-corrected chi connectivity index (χ3v) is 4.86. The van der Waals surface area contributed by atoms with Crippen molar-refractivity contribution in [3.05, 3.63) is 88.9 Å². The zero-order valence-corrected chi connectivity index (χ0v) is 21.1. The molecule has 6 heteroatoms. The molecule has 0 saturated carbocycles. The van der Waals surface area contributed by atoms with Gasteiger partial charge in [0.25, 0.3) is 0 Å². The Labute approximate surface area is 206 Å². The van der Waals surface area contributed by atoms with Gasteiger partial charge < -0.3 is 14.4 Å². The van der Waals surface area contributed by atoms with E-state index < -0.39 is 11.2 Å². The van der Waals surface area contributed by atoms with Crippen molar-refractivity contribution >= 4 is 40.6 Å². The SMILES string of the molecule is CC(C)(C)OC(=O)c1ccc(N(c2ccc(Cl)cc2)c2ccc(C(=O)OC(C)(C)C)cc2)cc1. The summed E-state index contributed by atoms with van der Waals surface area (Å²) in [6.45, 7) is 11.0. The van der Waals surface area contributed by atoms with Crippen molar-refractivity contribution in [3.8, 4) is 0 Å². The summed E-state index contributed by atoms with van der Waals surface area (Å²) in [6, 6.07) is 21.8. The first-order valence-electron chi connectivity index (χ1n) is 11.0. The van der Waals surface area contributed by atoms with Crippen LogP contribution in [0.2, 0.25) is 5.02 Å². The van der Waals surface area contributed by atoms with Crippen LogP contribution in [0.25, 0.3) is 0 Å². The van der Waals surface area contributed by atoms with E-state index in [1.54, 1.807) is 24.3 Å². The first kappa shape index (κ1) is 25.3. The maximum Gasteiger partial charge on any atom is 0.338 e. The van der Waals surface area contributed by atoms with E-state index in [4.69, 9.17) is 21.1 Å². The van der Waals surface area contributed by atoms with E-state index in [-0.39, 0.29) is 11.9 Å². The molecule has 0 radical (unpaired) electrons. The zero-order valence-electron chi connectivity index (χ0n) is 20.4. The number of hydrogen-bond acceptors (Lipinski definition) is 5. The minimum Gasteiger partial charge on any atom is -0.456 e. The Morgan fingerprint density at radius 2 is 0.882 bits per heavy atom. The van der Waals surface area contributed by atoms with E-state index in [2.05, 4.69) is 0 Å². The van der Waals surface area contributed by atoms with E-state index in [0.717, 1.165) is 17.1 Å². The lowest BCUT2D eigenvalue weighted by atomic mass is 10.1. The zero-order chi connectivity index (χ0) is 25.1. The molecule has 0 fully saturated rings. The van der Waals surface area contributed by atoms with Crippen molar-refractivity contribution in [1.82, 2.24) is 0 Å². The Morgan fingerprint density at radius 1 is 0.588 bits per heavy atom. The molecule has 0 aliphatic carbocycles. The number of nitrogens with zero attached hydrogens (tertiary/aromatic N) is 1. The van der Waals surface area contributed by atoms with Gasteiger partial charge in [0, 0.05) is 22.1 Å². The van der Waals surface area contributed by atoms with Crippen LogP contribution in [0.5, 0.6) is 0 Å². The molecule has 0 atom stereocenters. The van der Waals surface area contributed by atoms with Crippen molar-refractivity contribution in [2.45, 2.75) is 52.7 Å². The fraction of sp³-hybridized carbons (Fsp3) is 0.286. The lowest BCUT2D eigenvalue weighted by Gasteiger charge is -2.26. The van der Waals surface area contributed by atoms with Gasteiger partial charge in [0.2, 0.25) is 0 Å². The average Bonchev–Trinajstić information content (AvgIpc) is 2.74. The smallest absolute Gasteiger partial charge is 0.338 e. The number of anilines is 3. The largest absolute Gasteiger partial charge is 0.456 e. The Hall–Kier alpha value is -3.31. The lowest BCUT2D eigenvalue weighted by molar-refractivity contribution is 0.00570. The molecule has 3 rings (SSSR count). The van der Waals surface area contributed by atoms with Crippen LogP contribution in [0.1, 0.15) is 62.3 Å². The Kier molecular flexibility index (Phi) is 7.37. The van der Waals surface area contributed by atoms with Crippen LogP contribution in [-0.2, 0) is 9.47 Å². The van der Waals surface area contributed by atoms with Crippen LogP contribution >= 0.6 is 11.6 Å². The normalized spacial score (nSPS) is 11.6. The molecule has 0 N–H and O–H groups in total. The second-order valence-corrected chi connectivity index (χ2v) is 10.3. The number of carbonyl (C=O) groups excluding carboxylic acids is 2. The number of esters is 2. The van der Waals surface area contributed by atoms with Gasteiger partial charge in [-0.1, -0.05) is 11.6 Å². The predicted octanol–water partition coefficient (Wildman–Crippen LogP) is 7.72. The van der Waals surface area contributed by atoms with Gasteiger partial charge in [0.05, 0.1) is 11.1 Å². The second-order valence-electron chi connectivity index (χ2n) is 9.91. The highest BCUT2D eigenvalue weighted by atomic mass is 35.5. The summed E-state index contributed by atoms with van der Waals surface area (Å²) in [6.07, 6.45) is 0. The summed E-state index contributed by atoms with van der Waals surface area (Å²) in [5.74, 6) is -0.752. The molecule has 0 unspecified atom stereocenters. The maximum atomic E-state index is 12.4. The summed E-state index contributed by atoms with van der Waals surface area (Å²) in [5.41, 5.74) is 2.34. The van der Waals surface area contributed by atoms with Crippen LogP contribution < -0.4 is 4.90 Å². The minimum absolute atomic E-state index is 0.376. The summed E-state index contributed by atoms with van der Waals surface area (Å²) in [4.78, 5) is 26.9. The number of hydrogen-bond donors (Lipinski definition) is 0. The van der Waals surface area contributed by atoms with Gasteiger partial charge in [-0.2, -0.15) is 0 Å². The number of ether oxygens (including phenoxy) is 2. The van der Waals surface area contributed by atoms with E-state index in [0.29, 0.717) is 16.1 Å². The number of benzene rings is 3.